The normalized spacial score (nSPS) is 12.6. The van der Waals surface area contributed by atoms with E-state index in [9.17, 15) is 13.2 Å². The van der Waals surface area contributed by atoms with Crippen LogP contribution in [-0.2, 0) is 0 Å². The van der Waals surface area contributed by atoms with E-state index >= 15 is 0 Å². The van der Waals surface area contributed by atoms with E-state index in [0.29, 0.717) is 12.0 Å². The van der Waals surface area contributed by atoms with Gasteiger partial charge < -0.3 is 4.74 Å². The summed E-state index contributed by atoms with van der Waals surface area (Å²) in [5.74, 6) is 0.0766. The van der Waals surface area contributed by atoms with Gasteiger partial charge >= 0.3 is 6.36 Å². The summed E-state index contributed by atoms with van der Waals surface area (Å²) >= 11 is 5.67. The van der Waals surface area contributed by atoms with E-state index in [1.54, 1.807) is 18.2 Å². The molecule has 0 N–H and O–H groups in total. The minimum absolute atomic E-state index is 0.212. The molecule has 1 rings (SSSR count). The van der Waals surface area contributed by atoms with Crippen molar-refractivity contribution in [1.29, 1.82) is 0 Å². The first kappa shape index (κ1) is 13.9. The fourth-order valence-electron chi connectivity index (χ4n) is 1.27. The molecule has 0 aliphatic heterocycles. The second-order valence-corrected chi connectivity index (χ2v) is 3.64. The zero-order chi connectivity index (χ0) is 12.9. The number of hydrogen-bond acceptors (Lipinski definition) is 1. The van der Waals surface area contributed by atoms with E-state index in [1.165, 1.54) is 12.1 Å². The van der Waals surface area contributed by atoms with Crippen LogP contribution in [0.4, 0.5) is 13.2 Å². The van der Waals surface area contributed by atoms with Gasteiger partial charge in [0.1, 0.15) is 5.75 Å². The summed E-state index contributed by atoms with van der Waals surface area (Å²) in [5, 5.41) is 0. The van der Waals surface area contributed by atoms with Crippen molar-refractivity contribution in [3.05, 3.63) is 35.4 Å². The molecule has 0 aromatic heterocycles. The Kier molecular flexibility index (Phi) is 4.87. The average molecular weight is 265 g/mol. The Morgan fingerprint density at radius 1 is 1.35 bits per heavy atom. The number of allylic oxidation sites excluding steroid dienone is 1. The standard InChI is InChI=1S/C12H12ClF3O/c1-2-9(8-13)7-10-5-3-4-6-11(10)17-12(14,15)16/h3-7H,2,8H2,1H3. The highest BCUT2D eigenvalue weighted by Gasteiger charge is 2.31. The van der Waals surface area contributed by atoms with Crippen molar-refractivity contribution in [2.75, 3.05) is 5.88 Å². The van der Waals surface area contributed by atoms with Gasteiger partial charge in [0.25, 0.3) is 0 Å². The minimum Gasteiger partial charge on any atom is -0.405 e. The number of halogens is 4. The zero-order valence-corrected chi connectivity index (χ0v) is 9.98. The summed E-state index contributed by atoms with van der Waals surface area (Å²) in [7, 11) is 0. The molecule has 17 heavy (non-hydrogen) atoms. The molecule has 1 aromatic carbocycles. The molecule has 0 saturated carbocycles. The Bertz CT molecular complexity index is 393. The lowest BCUT2D eigenvalue weighted by atomic mass is 10.1. The maximum absolute atomic E-state index is 12.2. The van der Waals surface area contributed by atoms with Crippen LogP contribution in [0.1, 0.15) is 18.9 Å². The zero-order valence-electron chi connectivity index (χ0n) is 9.22. The number of hydrogen-bond donors (Lipinski definition) is 0. The number of benzene rings is 1. The van der Waals surface area contributed by atoms with Crippen LogP contribution in [0.3, 0.4) is 0 Å². The molecule has 0 aliphatic carbocycles. The fourth-order valence-corrected chi connectivity index (χ4v) is 1.54. The van der Waals surface area contributed by atoms with Crippen LogP contribution in [0.25, 0.3) is 6.08 Å². The van der Waals surface area contributed by atoms with Crippen molar-refractivity contribution in [3.63, 3.8) is 0 Å². The van der Waals surface area contributed by atoms with Gasteiger partial charge in [0.15, 0.2) is 0 Å². The van der Waals surface area contributed by atoms with Gasteiger partial charge in [0.05, 0.1) is 0 Å². The molecular formula is C12H12ClF3O. The van der Waals surface area contributed by atoms with Crippen LogP contribution in [0, 0.1) is 0 Å². The second-order valence-electron chi connectivity index (χ2n) is 3.38. The minimum atomic E-state index is -4.68. The average Bonchev–Trinajstić information content (AvgIpc) is 2.26. The summed E-state index contributed by atoms with van der Waals surface area (Å²) < 4.78 is 40.4. The first-order valence-electron chi connectivity index (χ1n) is 5.06. The van der Waals surface area contributed by atoms with Crippen molar-refractivity contribution >= 4 is 17.7 Å². The van der Waals surface area contributed by atoms with Crippen molar-refractivity contribution in [3.8, 4) is 5.75 Å². The third kappa shape index (κ3) is 4.69. The van der Waals surface area contributed by atoms with Gasteiger partial charge in [-0.2, -0.15) is 0 Å². The summed E-state index contributed by atoms with van der Waals surface area (Å²) in [6.45, 7) is 1.89. The van der Waals surface area contributed by atoms with Crippen molar-refractivity contribution in [1.82, 2.24) is 0 Å². The fraction of sp³-hybridized carbons (Fsp3) is 0.333. The number of rotatable bonds is 4. The highest BCUT2D eigenvalue weighted by molar-refractivity contribution is 6.19. The molecule has 0 fully saturated rings. The Morgan fingerprint density at radius 2 is 2.00 bits per heavy atom. The van der Waals surface area contributed by atoms with Gasteiger partial charge in [-0.3, -0.25) is 0 Å². The summed E-state index contributed by atoms with van der Waals surface area (Å²) in [5.41, 5.74) is 1.23. The molecule has 94 valence electrons. The molecule has 1 nitrogen and oxygen atoms in total. The maximum atomic E-state index is 12.2. The van der Waals surface area contributed by atoms with Crippen LogP contribution in [0.15, 0.2) is 29.8 Å². The van der Waals surface area contributed by atoms with E-state index in [4.69, 9.17) is 11.6 Å². The monoisotopic (exact) mass is 264 g/mol. The Morgan fingerprint density at radius 3 is 2.53 bits per heavy atom. The molecule has 0 aliphatic rings. The molecular weight excluding hydrogens is 253 g/mol. The smallest absolute Gasteiger partial charge is 0.405 e. The third-order valence-corrected chi connectivity index (χ3v) is 2.47. The molecule has 1 aromatic rings. The third-order valence-electron chi connectivity index (χ3n) is 2.13. The van der Waals surface area contributed by atoms with Crippen LogP contribution in [0.5, 0.6) is 5.75 Å². The van der Waals surface area contributed by atoms with Gasteiger partial charge in [0, 0.05) is 11.4 Å². The van der Waals surface area contributed by atoms with Crippen molar-refractivity contribution in [2.24, 2.45) is 0 Å². The molecule has 5 heteroatoms. The van der Waals surface area contributed by atoms with Gasteiger partial charge in [0.2, 0.25) is 0 Å². The van der Waals surface area contributed by atoms with E-state index in [-0.39, 0.29) is 11.6 Å². The van der Waals surface area contributed by atoms with Gasteiger partial charge in [-0.05, 0) is 12.5 Å². The Hall–Kier alpha value is -1.16. The number of ether oxygens (including phenoxy) is 1. The van der Waals surface area contributed by atoms with Crippen LogP contribution in [0.2, 0.25) is 0 Å². The molecule has 0 saturated heterocycles. The predicted octanol–water partition coefficient (Wildman–Crippen LogP) is 4.62. The van der Waals surface area contributed by atoms with E-state index in [2.05, 4.69) is 4.74 Å². The largest absolute Gasteiger partial charge is 0.573 e. The Labute approximate surface area is 103 Å². The van der Waals surface area contributed by atoms with Crippen LogP contribution in [-0.4, -0.2) is 12.2 Å². The number of alkyl halides is 4. The highest BCUT2D eigenvalue weighted by atomic mass is 35.5. The summed E-state index contributed by atoms with van der Waals surface area (Å²) in [6.07, 6.45) is -2.38. The van der Waals surface area contributed by atoms with Crippen LogP contribution >= 0.6 is 11.6 Å². The van der Waals surface area contributed by atoms with E-state index in [0.717, 1.165) is 5.57 Å². The number of para-hydroxylation sites is 1. The first-order chi connectivity index (χ1) is 7.96. The topological polar surface area (TPSA) is 9.23 Å². The first-order valence-corrected chi connectivity index (χ1v) is 5.60. The molecule has 0 heterocycles. The lowest BCUT2D eigenvalue weighted by Gasteiger charge is -2.11. The van der Waals surface area contributed by atoms with Crippen molar-refractivity contribution in [2.45, 2.75) is 19.7 Å². The Balaban J connectivity index is 3.04. The van der Waals surface area contributed by atoms with Gasteiger partial charge in [-0.25, -0.2) is 0 Å². The maximum Gasteiger partial charge on any atom is 0.573 e. The SMILES string of the molecule is CCC(=Cc1ccccc1OC(F)(F)F)CCl. The summed E-state index contributed by atoms with van der Waals surface area (Å²) in [4.78, 5) is 0. The second kappa shape index (κ2) is 5.96. The van der Waals surface area contributed by atoms with Gasteiger partial charge in [-0.15, -0.1) is 24.8 Å². The van der Waals surface area contributed by atoms with E-state index < -0.39 is 6.36 Å². The summed E-state index contributed by atoms with van der Waals surface area (Å²) in [6, 6.07) is 5.98. The quantitative estimate of drug-likeness (QED) is 0.721. The molecule has 0 unspecified atom stereocenters. The lowest BCUT2D eigenvalue weighted by molar-refractivity contribution is -0.274. The predicted molar refractivity (Wildman–Crippen MR) is 62.1 cm³/mol. The molecule has 0 amide bonds. The lowest BCUT2D eigenvalue weighted by Crippen LogP contribution is -2.17. The molecule has 0 bridgehead atoms. The van der Waals surface area contributed by atoms with Gasteiger partial charge in [-0.1, -0.05) is 36.8 Å². The highest BCUT2D eigenvalue weighted by Crippen LogP contribution is 2.28. The molecule has 0 radical (unpaired) electrons. The van der Waals surface area contributed by atoms with E-state index in [1.807, 2.05) is 6.92 Å². The van der Waals surface area contributed by atoms with Crippen LogP contribution < -0.4 is 4.74 Å². The van der Waals surface area contributed by atoms with Crippen molar-refractivity contribution < 1.29 is 17.9 Å². The molecule has 0 atom stereocenters. The molecule has 0 spiro atoms.